The molecule has 2 heterocycles. The van der Waals surface area contributed by atoms with Crippen LogP contribution in [0, 0.1) is 0 Å². The van der Waals surface area contributed by atoms with Crippen LogP contribution >= 0.6 is 11.6 Å². The summed E-state index contributed by atoms with van der Waals surface area (Å²) < 4.78 is 1.67. The molecule has 0 amide bonds. The second kappa shape index (κ2) is 3.67. The lowest BCUT2D eigenvalue weighted by Crippen LogP contribution is -2.02. The highest BCUT2D eigenvalue weighted by Crippen LogP contribution is 2.15. The normalized spacial score (nSPS) is 10.4. The van der Waals surface area contributed by atoms with E-state index in [9.17, 15) is 0 Å². The van der Waals surface area contributed by atoms with Crippen LogP contribution in [-0.2, 0) is 6.54 Å². The molecule has 5 heteroatoms. The number of nitrogen functional groups attached to an aromatic ring is 1. The van der Waals surface area contributed by atoms with Gasteiger partial charge in [-0.05, 0) is 12.1 Å². The van der Waals surface area contributed by atoms with Crippen LogP contribution in [0.15, 0.2) is 30.6 Å². The van der Waals surface area contributed by atoms with Gasteiger partial charge < -0.3 is 5.73 Å². The SMILES string of the molecule is Nc1nn(Cc2ccccn2)cc1Cl. The summed E-state index contributed by atoms with van der Waals surface area (Å²) in [5.41, 5.74) is 6.43. The van der Waals surface area contributed by atoms with Gasteiger partial charge in [-0.1, -0.05) is 17.7 Å². The highest BCUT2D eigenvalue weighted by molar-refractivity contribution is 6.32. The number of nitrogens with zero attached hydrogens (tertiary/aromatic N) is 3. The van der Waals surface area contributed by atoms with E-state index in [1.165, 1.54) is 0 Å². The molecule has 72 valence electrons. The lowest BCUT2D eigenvalue weighted by molar-refractivity contribution is 0.676. The van der Waals surface area contributed by atoms with Crippen molar-refractivity contribution < 1.29 is 0 Å². The largest absolute Gasteiger partial charge is 0.381 e. The van der Waals surface area contributed by atoms with Crippen LogP contribution in [0.25, 0.3) is 0 Å². The van der Waals surface area contributed by atoms with Crippen molar-refractivity contribution in [1.82, 2.24) is 14.8 Å². The summed E-state index contributed by atoms with van der Waals surface area (Å²) in [5, 5.41) is 4.50. The summed E-state index contributed by atoms with van der Waals surface area (Å²) in [6.45, 7) is 0.581. The molecule has 0 aliphatic heterocycles. The Morgan fingerprint density at radius 1 is 1.43 bits per heavy atom. The smallest absolute Gasteiger partial charge is 0.164 e. The number of hydrogen-bond acceptors (Lipinski definition) is 3. The van der Waals surface area contributed by atoms with E-state index in [1.54, 1.807) is 17.1 Å². The van der Waals surface area contributed by atoms with Crippen LogP contribution in [0.5, 0.6) is 0 Å². The van der Waals surface area contributed by atoms with Gasteiger partial charge in [-0.2, -0.15) is 5.10 Å². The predicted molar refractivity (Wildman–Crippen MR) is 55.0 cm³/mol. The molecule has 2 N–H and O–H groups in total. The Bertz CT molecular complexity index is 404. The van der Waals surface area contributed by atoms with Crippen molar-refractivity contribution in [2.75, 3.05) is 5.73 Å². The monoisotopic (exact) mass is 208 g/mol. The van der Waals surface area contributed by atoms with E-state index in [0.717, 1.165) is 5.69 Å². The van der Waals surface area contributed by atoms with Crippen LogP contribution in [0.4, 0.5) is 5.82 Å². The summed E-state index contributed by atoms with van der Waals surface area (Å²) >= 11 is 5.77. The van der Waals surface area contributed by atoms with Crippen molar-refractivity contribution in [3.8, 4) is 0 Å². The van der Waals surface area contributed by atoms with Crippen LogP contribution < -0.4 is 5.73 Å². The zero-order chi connectivity index (χ0) is 9.97. The van der Waals surface area contributed by atoms with Gasteiger partial charge >= 0.3 is 0 Å². The van der Waals surface area contributed by atoms with E-state index in [2.05, 4.69) is 10.1 Å². The fourth-order valence-electron chi connectivity index (χ4n) is 1.15. The molecule has 0 spiro atoms. The third kappa shape index (κ3) is 1.85. The van der Waals surface area contributed by atoms with Crippen molar-refractivity contribution in [2.24, 2.45) is 0 Å². The Morgan fingerprint density at radius 3 is 2.86 bits per heavy atom. The van der Waals surface area contributed by atoms with Gasteiger partial charge in [0.05, 0.1) is 12.2 Å². The zero-order valence-corrected chi connectivity index (χ0v) is 8.15. The van der Waals surface area contributed by atoms with Crippen LogP contribution in [0.2, 0.25) is 5.02 Å². The molecule has 0 saturated carbocycles. The maximum Gasteiger partial charge on any atom is 0.164 e. The Morgan fingerprint density at radius 2 is 2.29 bits per heavy atom. The highest BCUT2D eigenvalue weighted by atomic mass is 35.5. The van der Waals surface area contributed by atoms with E-state index in [-0.39, 0.29) is 0 Å². The molecule has 4 nitrogen and oxygen atoms in total. The van der Waals surface area contributed by atoms with Crippen molar-refractivity contribution >= 4 is 17.4 Å². The van der Waals surface area contributed by atoms with Crippen molar-refractivity contribution in [3.63, 3.8) is 0 Å². The van der Waals surface area contributed by atoms with Crippen molar-refractivity contribution in [3.05, 3.63) is 41.3 Å². The molecule has 0 atom stereocenters. The number of anilines is 1. The Hall–Kier alpha value is -1.55. The quantitative estimate of drug-likeness (QED) is 0.815. The summed E-state index contributed by atoms with van der Waals surface area (Å²) in [4.78, 5) is 4.17. The van der Waals surface area contributed by atoms with Gasteiger partial charge in [0, 0.05) is 12.4 Å². The van der Waals surface area contributed by atoms with Gasteiger partial charge in [0.1, 0.15) is 5.02 Å². The minimum absolute atomic E-state index is 0.350. The molecule has 2 aromatic heterocycles. The maximum absolute atomic E-state index is 5.77. The standard InChI is InChI=1S/C9H9ClN4/c10-8-6-14(13-9(8)11)5-7-3-1-2-4-12-7/h1-4,6H,5H2,(H2,11,13). The van der Waals surface area contributed by atoms with E-state index < -0.39 is 0 Å². The van der Waals surface area contributed by atoms with Crippen LogP contribution in [-0.4, -0.2) is 14.8 Å². The average Bonchev–Trinajstić information content (AvgIpc) is 2.47. The molecule has 2 rings (SSSR count). The molecule has 0 radical (unpaired) electrons. The fraction of sp³-hybridized carbons (Fsp3) is 0.111. The molecule has 0 aromatic carbocycles. The lowest BCUT2D eigenvalue weighted by Gasteiger charge is -1.98. The van der Waals surface area contributed by atoms with E-state index in [0.29, 0.717) is 17.4 Å². The number of aromatic nitrogens is 3. The number of pyridine rings is 1. The van der Waals surface area contributed by atoms with E-state index in [1.807, 2.05) is 18.2 Å². The van der Waals surface area contributed by atoms with Gasteiger partial charge in [0.25, 0.3) is 0 Å². The Kier molecular flexibility index (Phi) is 2.37. The Labute approximate surface area is 86.3 Å². The molecule has 0 bridgehead atoms. The van der Waals surface area contributed by atoms with Gasteiger partial charge in [-0.15, -0.1) is 0 Å². The molecule has 14 heavy (non-hydrogen) atoms. The molecule has 0 fully saturated rings. The van der Waals surface area contributed by atoms with Gasteiger partial charge in [0.2, 0.25) is 0 Å². The number of nitrogens with two attached hydrogens (primary N) is 1. The third-order valence-electron chi connectivity index (χ3n) is 1.79. The molecule has 0 unspecified atom stereocenters. The van der Waals surface area contributed by atoms with Gasteiger partial charge in [-0.25, -0.2) is 0 Å². The fourth-order valence-corrected chi connectivity index (χ4v) is 1.30. The predicted octanol–water partition coefficient (Wildman–Crippen LogP) is 1.56. The minimum atomic E-state index is 0.350. The van der Waals surface area contributed by atoms with Crippen LogP contribution in [0.1, 0.15) is 5.69 Å². The summed E-state index contributed by atoms with van der Waals surface area (Å²) in [7, 11) is 0. The van der Waals surface area contributed by atoms with Crippen LogP contribution in [0.3, 0.4) is 0 Å². The molecular weight excluding hydrogens is 200 g/mol. The summed E-state index contributed by atoms with van der Waals surface area (Å²) in [6, 6.07) is 5.72. The van der Waals surface area contributed by atoms with E-state index >= 15 is 0 Å². The zero-order valence-electron chi connectivity index (χ0n) is 7.39. The first-order chi connectivity index (χ1) is 6.75. The number of rotatable bonds is 2. The highest BCUT2D eigenvalue weighted by Gasteiger charge is 2.02. The topological polar surface area (TPSA) is 56.7 Å². The molecule has 0 aliphatic carbocycles. The van der Waals surface area contributed by atoms with Crippen molar-refractivity contribution in [2.45, 2.75) is 6.54 Å². The lowest BCUT2D eigenvalue weighted by atomic mass is 10.3. The van der Waals surface area contributed by atoms with Gasteiger partial charge in [-0.3, -0.25) is 9.67 Å². The second-order valence-electron chi connectivity index (χ2n) is 2.88. The van der Waals surface area contributed by atoms with Gasteiger partial charge in [0.15, 0.2) is 5.82 Å². The minimum Gasteiger partial charge on any atom is -0.381 e. The first-order valence-corrected chi connectivity index (χ1v) is 4.52. The number of hydrogen-bond donors (Lipinski definition) is 1. The first kappa shape index (κ1) is 9.02. The average molecular weight is 209 g/mol. The Balaban J connectivity index is 2.19. The number of halogens is 1. The summed E-state index contributed by atoms with van der Waals surface area (Å²) in [6.07, 6.45) is 3.43. The molecular formula is C9H9ClN4. The molecule has 2 aromatic rings. The second-order valence-corrected chi connectivity index (χ2v) is 3.29. The van der Waals surface area contributed by atoms with E-state index in [4.69, 9.17) is 17.3 Å². The summed E-state index contributed by atoms with van der Waals surface area (Å²) in [5.74, 6) is 0.350. The molecule has 0 aliphatic rings. The maximum atomic E-state index is 5.77. The first-order valence-electron chi connectivity index (χ1n) is 4.14. The van der Waals surface area contributed by atoms with Crippen molar-refractivity contribution in [1.29, 1.82) is 0 Å². The third-order valence-corrected chi connectivity index (χ3v) is 2.08. The molecule has 0 saturated heterocycles.